The number of amides is 1. The van der Waals surface area contributed by atoms with E-state index in [0.717, 1.165) is 0 Å². The van der Waals surface area contributed by atoms with E-state index in [4.69, 9.17) is 11.6 Å². The first-order chi connectivity index (χ1) is 15.2. The van der Waals surface area contributed by atoms with Gasteiger partial charge in [-0.25, -0.2) is 16.8 Å². The highest BCUT2D eigenvalue weighted by molar-refractivity contribution is 7.91. The van der Waals surface area contributed by atoms with Crippen molar-refractivity contribution >= 4 is 37.4 Å². The molecular formula is C22H25ClN2O5S2. The number of carbonyl (C=O) groups is 1. The highest BCUT2D eigenvalue weighted by Crippen LogP contribution is 2.31. The van der Waals surface area contributed by atoms with Crippen molar-refractivity contribution in [1.82, 2.24) is 9.21 Å². The van der Waals surface area contributed by atoms with Gasteiger partial charge >= 0.3 is 0 Å². The van der Waals surface area contributed by atoms with Gasteiger partial charge in [-0.1, -0.05) is 35.9 Å². The minimum atomic E-state index is -3.90. The van der Waals surface area contributed by atoms with Crippen LogP contribution in [0.3, 0.4) is 0 Å². The summed E-state index contributed by atoms with van der Waals surface area (Å²) in [6.07, 6.45) is 2.24. The molecule has 0 aromatic heterocycles. The van der Waals surface area contributed by atoms with E-state index in [-0.39, 0.29) is 28.0 Å². The second-order valence-corrected chi connectivity index (χ2v) is 12.5. The van der Waals surface area contributed by atoms with E-state index in [9.17, 15) is 21.6 Å². The number of sulfone groups is 1. The number of hydrogen-bond donors (Lipinski definition) is 0. The van der Waals surface area contributed by atoms with Crippen LogP contribution < -0.4 is 0 Å². The Labute approximate surface area is 193 Å². The molecule has 0 bridgehead atoms. The van der Waals surface area contributed by atoms with Crippen molar-refractivity contribution in [3.63, 3.8) is 0 Å². The van der Waals surface area contributed by atoms with Gasteiger partial charge in [-0.3, -0.25) is 4.79 Å². The van der Waals surface area contributed by atoms with Crippen molar-refractivity contribution in [1.29, 1.82) is 0 Å². The molecule has 0 spiro atoms. The minimum Gasteiger partial charge on any atom is -0.337 e. The molecule has 10 heteroatoms. The van der Waals surface area contributed by atoms with Crippen LogP contribution in [0.1, 0.15) is 25.7 Å². The Morgan fingerprint density at radius 1 is 0.906 bits per heavy atom. The largest absolute Gasteiger partial charge is 0.337 e. The van der Waals surface area contributed by atoms with Crippen LogP contribution in [0.5, 0.6) is 0 Å². The Morgan fingerprint density at radius 2 is 1.59 bits per heavy atom. The maximum atomic E-state index is 13.4. The number of sulfonamides is 1. The van der Waals surface area contributed by atoms with E-state index in [2.05, 4.69) is 0 Å². The first-order valence-electron chi connectivity index (χ1n) is 10.6. The SMILES string of the molecule is O=C(C1CCCN1S(=O)(=O)c1cccc(Cl)c1)N1CCCC1CS(=O)(=O)c1ccccc1. The number of hydrogen-bond acceptors (Lipinski definition) is 5. The number of carbonyl (C=O) groups excluding carboxylic acids is 1. The third kappa shape index (κ3) is 4.57. The van der Waals surface area contributed by atoms with Crippen LogP contribution in [0.4, 0.5) is 0 Å². The van der Waals surface area contributed by atoms with Gasteiger partial charge in [0.2, 0.25) is 15.9 Å². The lowest BCUT2D eigenvalue weighted by Gasteiger charge is -2.31. The molecule has 172 valence electrons. The standard InChI is InChI=1S/C22H25ClN2O5S2/c23-17-7-4-11-20(15-17)32(29,30)25-14-6-12-21(25)22(26)24-13-5-8-18(24)16-31(27,28)19-9-2-1-3-10-19/h1-4,7,9-11,15,18,21H,5-6,8,12-14,16H2. The zero-order valence-corrected chi connectivity index (χ0v) is 19.8. The molecule has 2 unspecified atom stereocenters. The van der Waals surface area contributed by atoms with Crippen LogP contribution in [-0.4, -0.2) is 62.9 Å². The van der Waals surface area contributed by atoms with Gasteiger partial charge in [0.25, 0.3) is 0 Å². The second-order valence-electron chi connectivity index (χ2n) is 8.15. The van der Waals surface area contributed by atoms with Crippen molar-refractivity contribution in [2.24, 2.45) is 0 Å². The molecule has 2 aliphatic rings. The predicted octanol–water partition coefficient (Wildman–Crippen LogP) is 2.96. The molecule has 2 atom stereocenters. The monoisotopic (exact) mass is 496 g/mol. The Morgan fingerprint density at radius 3 is 2.31 bits per heavy atom. The lowest BCUT2D eigenvalue weighted by molar-refractivity contribution is -0.135. The smallest absolute Gasteiger partial charge is 0.243 e. The molecule has 4 rings (SSSR count). The summed E-state index contributed by atoms with van der Waals surface area (Å²) in [6.45, 7) is 0.668. The van der Waals surface area contributed by atoms with Gasteiger partial charge in [-0.15, -0.1) is 0 Å². The lowest BCUT2D eigenvalue weighted by atomic mass is 10.2. The number of halogens is 1. The summed E-state index contributed by atoms with van der Waals surface area (Å²) in [6, 6.07) is 12.9. The van der Waals surface area contributed by atoms with Gasteiger partial charge in [0.05, 0.1) is 15.5 Å². The summed E-state index contributed by atoms with van der Waals surface area (Å²) in [5.41, 5.74) is 0. The molecule has 2 aliphatic heterocycles. The summed E-state index contributed by atoms with van der Waals surface area (Å²) in [4.78, 5) is 15.3. The number of rotatable bonds is 6. The fourth-order valence-corrected chi connectivity index (χ4v) is 8.08. The topological polar surface area (TPSA) is 91.8 Å². The molecule has 32 heavy (non-hydrogen) atoms. The van der Waals surface area contributed by atoms with E-state index in [1.165, 1.54) is 16.4 Å². The van der Waals surface area contributed by atoms with Gasteiger partial charge in [0.15, 0.2) is 9.84 Å². The van der Waals surface area contributed by atoms with E-state index >= 15 is 0 Å². The molecule has 2 fully saturated rings. The molecule has 2 aromatic rings. The fraction of sp³-hybridized carbons (Fsp3) is 0.409. The maximum Gasteiger partial charge on any atom is 0.243 e. The van der Waals surface area contributed by atoms with Crippen LogP contribution in [0, 0.1) is 0 Å². The zero-order chi connectivity index (χ0) is 22.9. The molecule has 0 saturated carbocycles. The minimum absolute atomic E-state index is 0.0503. The molecule has 2 aromatic carbocycles. The first-order valence-corrected chi connectivity index (χ1v) is 14.0. The average molecular weight is 497 g/mol. The van der Waals surface area contributed by atoms with E-state index in [1.54, 1.807) is 47.4 Å². The Bertz CT molecular complexity index is 1200. The zero-order valence-electron chi connectivity index (χ0n) is 17.4. The Hall–Kier alpha value is -1.94. The summed E-state index contributed by atoms with van der Waals surface area (Å²) < 4.78 is 53.4. The molecule has 1 amide bonds. The average Bonchev–Trinajstić information content (AvgIpc) is 3.44. The molecule has 2 heterocycles. The van der Waals surface area contributed by atoms with E-state index in [0.29, 0.717) is 37.3 Å². The highest BCUT2D eigenvalue weighted by atomic mass is 35.5. The van der Waals surface area contributed by atoms with Crippen molar-refractivity contribution in [3.05, 3.63) is 59.6 Å². The van der Waals surface area contributed by atoms with Crippen molar-refractivity contribution in [3.8, 4) is 0 Å². The molecule has 0 N–H and O–H groups in total. The number of nitrogens with zero attached hydrogens (tertiary/aromatic N) is 2. The third-order valence-corrected chi connectivity index (χ3v) is 10.0. The summed E-state index contributed by atoms with van der Waals surface area (Å²) >= 11 is 5.98. The van der Waals surface area contributed by atoms with Crippen molar-refractivity contribution in [2.75, 3.05) is 18.8 Å². The van der Waals surface area contributed by atoms with E-state index in [1.807, 2.05) is 0 Å². The molecule has 0 aliphatic carbocycles. The van der Waals surface area contributed by atoms with E-state index < -0.39 is 31.9 Å². The van der Waals surface area contributed by atoms with Crippen LogP contribution >= 0.6 is 11.6 Å². The lowest BCUT2D eigenvalue weighted by Crippen LogP contribution is -2.50. The van der Waals surface area contributed by atoms with Crippen LogP contribution in [0.15, 0.2) is 64.4 Å². The van der Waals surface area contributed by atoms with Crippen LogP contribution in [-0.2, 0) is 24.7 Å². The van der Waals surface area contributed by atoms with Gasteiger partial charge in [0.1, 0.15) is 6.04 Å². The van der Waals surface area contributed by atoms with Gasteiger partial charge in [0, 0.05) is 24.2 Å². The molecular weight excluding hydrogens is 472 g/mol. The fourth-order valence-electron chi connectivity index (χ4n) is 4.51. The summed E-state index contributed by atoms with van der Waals surface area (Å²) in [7, 11) is -7.46. The molecule has 7 nitrogen and oxygen atoms in total. The van der Waals surface area contributed by atoms with Gasteiger partial charge < -0.3 is 4.90 Å². The Kier molecular flexibility index (Phi) is 6.63. The van der Waals surface area contributed by atoms with Crippen molar-refractivity contribution < 1.29 is 21.6 Å². The Balaban J connectivity index is 1.55. The molecule has 2 saturated heterocycles. The third-order valence-electron chi connectivity index (χ3n) is 6.07. The summed E-state index contributed by atoms with van der Waals surface area (Å²) in [5.74, 6) is -0.491. The normalized spacial score (nSPS) is 22.3. The maximum absolute atomic E-state index is 13.4. The first kappa shape index (κ1) is 23.2. The van der Waals surface area contributed by atoms with Crippen LogP contribution in [0.25, 0.3) is 0 Å². The van der Waals surface area contributed by atoms with Crippen LogP contribution in [0.2, 0.25) is 5.02 Å². The number of likely N-dealkylation sites (tertiary alicyclic amines) is 1. The quantitative estimate of drug-likeness (QED) is 0.613. The van der Waals surface area contributed by atoms with Gasteiger partial charge in [-0.2, -0.15) is 4.31 Å². The predicted molar refractivity (Wildman–Crippen MR) is 122 cm³/mol. The summed E-state index contributed by atoms with van der Waals surface area (Å²) in [5, 5.41) is 0.305. The highest BCUT2D eigenvalue weighted by Gasteiger charge is 2.44. The van der Waals surface area contributed by atoms with Crippen molar-refractivity contribution in [2.45, 2.75) is 47.6 Å². The second kappa shape index (κ2) is 9.13. The van der Waals surface area contributed by atoms with Gasteiger partial charge in [-0.05, 0) is 56.0 Å². The number of benzene rings is 2. The molecule has 0 radical (unpaired) electrons.